The molecule has 0 aliphatic rings. The first kappa shape index (κ1) is 13.1. The van der Waals surface area contributed by atoms with Gasteiger partial charge in [0.2, 0.25) is 5.82 Å². The van der Waals surface area contributed by atoms with E-state index in [0.29, 0.717) is 5.56 Å². The smallest absolute Gasteiger partial charge is 0.324 e. The van der Waals surface area contributed by atoms with Gasteiger partial charge in [0.05, 0.1) is 0 Å². The van der Waals surface area contributed by atoms with Crippen molar-refractivity contribution in [3.05, 3.63) is 23.8 Å². The molecular weight excluding hydrogens is 219 g/mol. The molecule has 0 saturated carbocycles. The van der Waals surface area contributed by atoms with E-state index in [-0.39, 0.29) is 18.4 Å². The predicted octanol–water partition coefficient (Wildman–Crippen LogP) is 1.94. The van der Waals surface area contributed by atoms with E-state index in [2.05, 4.69) is 9.97 Å². The van der Waals surface area contributed by atoms with Gasteiger partial charge in [0, 0.05) is 24.0 Å². The molecule has 0 unspecified atom stereocenters. The first-order valence-electron chi connectivity index (χ1n) is 3.56. The van der Waals surface area contributed by atoms with Gasteiger partial charge in [-0.2, -0.15) is 13.2 Å². The van der Waals surface area contributed by atoms with Crippen molar-refractivity contribution in [1.82, 2.24) is 9.97 Å². The number of nitrogens with two attached hydrogens (primary N) is 1. The molecule has 0 aliphatic carbocycles. The maximum absolute atomic E-state index is 12.0. The van der Waals surface area contributed by atoms with Crippen LogP contribution in [0, 0.1) is 0 Å². The molecule has 1 atom stereocenters. The normalized spacial score (nSPS) is 13.2. The highest BCUT2D eigenvalue weighted by Crippen LogP contribution is 2.25. The number of nitrogens with zero attached hydrogens (tertiary/aromatic N) is 2. The zero-order valence-electron chi connectivity index (χ0n) is 7.25. The van der Waals surface area contributed by atoms with Crippen molar-refractivity contribution in [1.29, 1.82) is 0 Å². The summed E-state index contributed by atoms with van der Waals surface area (Å²) in [6.45, 7) is 1.64. The number of hydrogen-bond acceptors (Lipinski definition) is 3. The van der Waals surface area contributed by atoms with Gasteiger partial charge < -0.3 is 5.73 Å². The molecule has 1 aromatic heterocycles. The van der Waals surface area contributed by atoms with Crippen LogP contribution in [0.3, 0.4) is 0 Å². The third-order valence-corrected chi connectivity index (χ3v) is 1.45. The van der Waals surface area contributed by atoms with Gasteiger partial charge in [0.1, 0.15) is 0 Å². The van der Waals surface area contributed by atoms with Gasteiger partial charge in [-0.1, -0.05) is 0 Å². The highest BCUT2D eigenvalue weighted by atomic mass is 35.5. The molecule has 80 valence electrons. The third-order valence-electron chi connectivity index (χ3n) is 1.45. The zero-order chi connectivity index (χ0) is 10.1. The van der Waals surface area contributed by atoms with Crippen molar-refractivity contribution in [3.63, 3.8) is 0 Å². The Hall–Kier alpha value is -0.880. The predicted molar refractivity (Wildman–Crippen MR) is 46.9 cm³/mol. The number of aromatic nitrogens is 2. The summed E-state index contributed by atoms with van der Waals surface area (Å²) < 4.78 is 35.9. The molecule has 0 fully saturated rings. The molecular formula is C7H9ClF3N3. The average Bonchev–Trinajstić information content (AvgIpc) is 2.03. The third kappa shape index (κ3) is 3.12. The SMILES string of the molecule is C[C@@H](N)c1cnc(C(F)(F)F)nc1.Cl. The minimum Gasteiger partial charge on any atom is -0.324 e. The molecule has 1 rings (SSSR count). The van der Waals surface area contributed by atoms with Crippen LogP contribution in [0.1, 0.15) is 24.4 Å². The Labute approximate surface area is 85.0 Å². The first-order chi connectivity index (χ1) is 5.91. The zero-order valence-corrected chi connectivity index (χ0v) is 8.06. The van der Waals surface area contributed by atoms with E-state index in [4.69, 9.17) is 5.73 Å². The Bertz CT molecular complexity index is 283. The second kappa shape index (κ2) is 4.56. The van der Waals surface area contributed by atoms with Crippen LogP contribution in [-0.4, -0.2) is 9.97 Å². The van der Waals surface area contributed by atoms with Crippen LogP contribution in [0.2, 0.25) is 0 Å². The summed E-state index contributed by atoms with van der Waals surface area (Å²) in [5, 5.41) is 0. The molecule has 0 bridgehead atoms. The standard InChI is InChI=1S/C7H8F3N3.ClH/c1-4(11)5-2-12-6(13-3-5)7(8,9)10;/h2-4H,11H2,1H3;1H/t4-;/m1./s1. The highest BCUT2D eigenvalue weighted by Gasteiger charge is 2.34. The molecule has 0 radical (unpaired) electrons. The Morgan fingerprint density at radius 1 is 1.29 bits per heavy atom. The van der Waals surface area contributed by atoms with Gasteiger partial charge in [-0.05, 0) is 6.92 Å². The number of hydrogen-bond donors (Lipinski definition) is 1. The fourth-order valence-corrected chi connectivity index (χ4v) is 0.720. The van der Waals surface area contributed by atoms with E-state index in [9.17, 15) is 13.2 Å². The van der Waals surface area contributed by atoms with Crippen molar-refractivity contribution in [2.24, 2.45) is 5.73 Å². The Kier molecular flexibility index (Phi) is 4.28. The lowest BCUT2D eigenvalue weighted by Gasteiger charge is -2.06. The topological polar surface area (TPSA) is 51.8 Å². The van der Waals surface area contributed by atoms with Crippen LogP contribution in [0.5, 0.6) is 0 Å². The first-order valence-corrected chi connectivity index (χ1v) is 3.56. The van der Waals surface area contributed by atoms with Gasteiger partial charge in [0.25, 0.3) is 0 Å². The Morgan fingerprint density at radius 3 is 2.00 bits per heavy atom. The average molecular weight is 228 g/mol. The summed E-state index contributed by atoms with van der Waals surface area (Å²) in [5.74, 6) is -1.14. The summed E-state index contributed by atoms with van der Waals surface area (Å²) in [7, 11) is 0. The maximum Gasteiger partial charge on any atom is 0.451 e. The van der Waals surface area contributed by atoms with E-state index in [1.54, 1.807) is 6.92 Å². The Balaban J connectivity index is 0.00000169. The van der Waals surface area contributed by atoms with E-state index in [0.717, 1.165) is 12.4 Å². The van der Waals surface area contributed by atoms with Crippen molar-refractivity contribution in [2.45, 2.75) is 19.1 Å². The van der Waals surface area contributed by atoms with Gasteiger partial charge in [-0.25, -0.2) is 9.97 Å². The molecule has 0 saturated heterocycles. The molecule has 2 N–H and O–H groups in total. The molecule has 1 aromatic rings. The lowest BCUT2D eigenvalue weighted by Crippen LogP contribution is -2.13. The molecule has 1 heterocycles. The number of halogens is 4. The number of alkyl halides is 3. The van der Waals surface area contributed by atoms with Gasteiger partial charge in [-0.3, -0.25) is 0 Å². The molecule has 3 nitrogen and oxygen atoms in total. The van der Waals surface area contributed by atoms with E-state index < -0.39 is 12.0 Å². The fraction of sp³-hybridized carbons (Fsp3) is 0.429. The highest BCUT2D eigenvalue weighted by molar-refractivity contribution is 5.85. The molecule has 0 aromatic carbocycles. The summed E-state index contributed by atoms with van der Waals surface area (Å²) in [4.78, 5) is 6.31. The van der Waals surface area contributed by atoms with Crippen molar-refractivity contribution in [3.8, 4) is 0 Å². The van der Waals surface area contributed by atoms with Crippen molar-refractivity contribution < 1.29 is 13.2 Å². The monoisotopic (exact) mass is 227 g/mol. The van der Waals surface area contributed by atoms with Crippen LogP contribution in [-0.2, 0) is 6.18 Å². The molecule has 7 heteroatoms. The summed E-state index contributed by atoms with van der Waals surface area (Å²) in [6, 6.07) is -0.359. The Morgan fingerprint density at radius 2 is 1.71 bits per heavy atom. The van der Waals surface area contributed by atoms with Gasteiger partial charge in [-0.15, -0.1) is 12.4 Å². The largest absolute Gasteiger partial charge is 0.451 e. The fourth-order valence-electron chi connectivity index (χ4n) is 0.720. The van der Waals surface area contributed by atoms with Crippen LogP contribution < -0.4 is 5.73 Å². The van der Waals surface area contributed by atoms with Crippen LogP contribution in [0.25, 0.3) is 0 Å². The van der Waals surface area contributed by atoms with Crippen LogP contribution in [0.4, 0.5) is 13.2 Å². The van der Waals surface area contributed by atoms with Gasteiger partial charge in [0.15, 0.2) is 0 Å². The molecule has 0 spiro atoms. The van der Waals surface area contributed by atoms with Gasteiger partial charge >= 0.3 is 6.18 Å². The minimum atomic E-state index is -4.49. The number of rotatable bonds is 1. The van der Waals surface area contributed by atoms with E-state index in [1.807, 2.05) is 0 Å². The van der Waals surface area contributed by atoms with Crippen LogP contribution in [0.15, 0.2) is 12.4 Å². The lowest BCUT2D eigenvalue weighted by atomic mass is 10.2. The van der Waals surface area contributed by atoms with Crippen LogP contribution >= 0.6 is 12.4 Å². The second-order valence-corrected chi connectivity index (χ2v) is 2.63. The summed E-state index contributed by atoms with van der Waals surface area (Å²) in [6.07, 6.45) is -2.32. The maximum atomic E-state index is 12.0. The lowest BCUT2D eigenvalue weighted by molar-refractivity contribution is -0.145. The van der Waals surface area contributed by atoms with Crippen molar-refractivity contribution in [2.75, 3.05) is 0 Å². The van der Waals surface area contributed by atoms with E-state index in [1.165, 1.54) is 0 Å². The minimum absolute atomic E-state index is 0. The quantitative estimate of drug-likeness (QED) is 0.798. The van der Waals surface area contributed by atoms with Crippen molar-refractivity contribution >= 4 is 12.4 Å². The summed E-state index contributed by atoms with van der Waals surface area (Å²) in [5.41, 5.74) is 5.89. The summed E-state index contributed by atoms with van der Waals surface area (Å²) >= 11 is 0. The molecule has 0 aliphatic heterocycles. The molecule has 14 heavy (non-hydrogen) atoms. The molecule has 0 amide bonds. The second-order valence-electron chi connectivity index (χ2n) is 2.63. The van der Waals surface area contributed by atoms with E-state index >= 15 is 0 Å².